The Kier molecular flexibility index (Phi) is 5.14. The number of ketones is 1. The average molecular weight is 493 g/mol. The van der Waals surface area contributed by atoms with Crippen molar-refractivity contribution < 1.29 is 24.2 Å². The highest BCUT2D eigenvalue weighted by atomic mass is 79.9. The van der Waals surface area contributed by atoms with Crippen molar-refractivity contribution in [2.75, 3.05) is 6.79 Å². The van der Waals surface area contributed by atoms with Crippen LogP contribution in [0.15, 0.2) is 77.0 Å². The summed E-state index contributed by atoms with van der Waals surface area (Å²) < 4.78 is 11.5. The Morgan fingerprint density at radius 1 is 1.09 bits per heavy atom. The number of aliphatic hydroxyl groups excluding tert-OH is 1. The van der Waals surface area contributed by atoms with Gasteiger partial charge in [-0.1, -0.05) is 34.1 Å². The molecule has 1 atom stereocenters. The molecule has 1 fully saturated rings. The second-order valence-corrected chi connectivity index (χ2v) is 8.33. The van der Waals surface area contributed by atoms with Gasteiger partial charge in [0.25, 0.3) is 11.7 Å². The zero-order chi connectivity index (χ0) is 22.2. The van der Waals surface area contributed by atoms with Gasteiger partial charge in [-0.2, -0.15) is 0 Å². The van der Waals surface area contributed by atoms with Crippen LogP contribution in [0.3, 0.4) is 0 Å². The number of rotatable bonds is 4. The number of nitrogens with zero attached hydrogens (tertiary/aromatic N) is 2. The number of aliphatic hydroxyl groups is 1. The normalized spacial score (nSPS) is 18.9. The Labute approximate surface area is 192 Å². The highest BCUT2D eigenvalue weighted by Gasteiger charge is 2.46. The van der Waals surface area contributed by atoms with Gasteiger partial charge in [0, 0.05) is 29.0 Å². The predicted molar refractivity (Wildman–Crippen MR) is 119 cm³/mol. The molecule has 2 aliphatic rings. The fourth-order valence-corrected chi connectivity index (χ4v) is 4.37. The fraction of sp³-hybridized carbons (Fsp3) is 0.125. The Hall–Kier alpha value is -3.65. The molecule has 0 aliphatic carbocycles. The van der Waals surface area contributed by atoms with E-state index in [9.17, 15) is 14.7 Å². The number of carbonyl (C=O) groups is 2. The summed E-state index contributed by atoms with van der Waals surface area (Å²) >= 11 is 3.45. The molecule has 1 saturated heterocycles. The van der Waals surface area contributed by atoms with Crippen LogP contribution in [0.5, 0.6) is 11.5 Å². The summed E-state index contributed by atoms with van der Waals surface area (Å²) in [7, 11) is 0. The number of likely N-dealkylation sites (tertiary alicyclic amines) is 1. The van der Waals surface area contributed by atoms with Crippen LogP contribution in [0.2, 0.25) is 0 Å². The Morgan fingerprint density at radius 2 is 1.94 bits per heavy atom. The molecule has 0 spiro atoms. The molecule has 8 heteroatoms. The molecule has 160 valence electrons. The van der Waals surface area contributed by atoms with E-state index in [1.165, 1.54) is 4.90 Å². The third-order valence-electron chi connectivity index (χ3n) is 5.43. The van der Waals surface area contributed by atoms with E-state index in [-0.39, 0.29) is 24.7 Å². The van der Waals surface area contributed by atoms with Crippen molar-refractivity contribution in [1.29, 1.82) is 0 Å². The minimum absolute atomic E-state index is 0.0239. The number of ether oxygens (including phenoxy) is 2. The lowest BCUT2D eigenvalue weighted by molar-refractivity contribution is -0.140. The standard InChI is InChI=1S/C24H17BrN2O5/c25-17-5-1-4-15(9-17)21-20(22(28)16-6-7-18-19(10-16)32-13-31-18)23(29)24(30)27(21)12-14-3-2-8-26-11-14/h1-11,21,28H,12-13H2/b22-20+. The second-order valence-electron chi connectivity index (χ2n) is 7.41. The highest BCUT2D eigenvalue weighted by molar-refractivity contribution is 9.10. The molecule has 1 unspecified atom stereocenters. The number of hydrogen-bond acceptors (Lipinski definition) is 6. The molecular weight excluding hydrogens is 476 g/mol. The summed E-state index contributed by atoms with van der Waals surface area (Å²) in [5, 5.41) is 11.2. The molecule has 0 bridgehead atoms. The van der Waals surface area contributed by atoms with Crippen LogP contribution < -0.4 is 9.47 Å². The van der Waals surface area contributed by atoms with Crippen molar-refractivity contribution >= 4 is 33.4 Å². The van der Waals surface area contributed by atoms with E-state index in [0.29, 0.717) is 22.6 Å². The van der Waals surface area contributed by atoms with Gasteiger partial charge in [0.15, 0.2) is 11.5 Å². The third kappa shape index (κ3) is 3.52. The Balaban J connectivity index is 1.65. The number of Topliss-reactive ketones (excluding diaryl/α,β-unsaturated/α-hetero) is 1. The number of pyridine rings is 1. The van der Waals surface area contributed by atoms with Crippen LogP contribution in [0, 0.1) is 0 Å². The van der Waals surface area contributed by atoms with Crippen LogP contribution in [0.4, 0.5) is 0 Å². The van der Waals surface area contributed by atoms with Crippen LogP contribution in [-0.4, -0.2) is 33.5 Å². The average Bonchev–Trinajstić information content (AvgIpc) is 3.37. The quantitative estimate of drug-likeness (QED) is 0.333. The predicted octanol–water partition coefficient (Wildman–Crippen LogP) is 4.19. The summed E-state index contributed by atoms with van der Waals surface area (Å²) in [6.45, 7) is 0.264. The molecule has 0 saturated carbocycles. The van der Waals surface area contributed by atoms with Crippen molar-refractivity contribution in [2.24, 2.45) is 0 Å². The third-order valence-corrected chi connectivity index (χ3v) is 5.92. The van der Waals surface area contributed by atoms with Gasteiger partial charge in [-0.3, -0.25) is 14.6 Å². The fourth-order valence-electron chi connectivity index (χ4n) is 3.95. The molecule has 1 aromatic heterocycles. The summed E-state index contributed by atoms with van der Waals surface area (Å²) in [5.74, 6) is -0.657. The second kappa shape index (κ2) is 8.12. The molecule has 7 nitrogen and oxygen atoms in total. The monoisotopic (exact) mass is 492 g/mol. The Morgan fingerprint density at radius 3 is 2.72 bits per heavy atom. The van der Waals surface area contributed by atoms with Gasteiger partial charge in [-0.05, 0) is 47.5 Å². The van der Waals surface area contributed by atoms with Crippen LogP contribution in [-0.2, 0) is 16.1 Å². The number of carbonyl (C=O) groups excluding carboxylic acids is 2. The number of fused-ring (bicyclic) bond motifs is 1. The number of halogens is 1. The van der Waals surface area contributed by atoms with E-state index >= 15 is 0 Å². The van der Waals surface area contributed by atoms with E-state index in [2.05, 4.69) is 20.9 Å². The maximum atomic E-state index is 13.1. The summed E-state index contributed by atoms with van der Waals surface area (Å²) in [5.41, 5.74) is 1.87. The smallest absolute Gasteiger partial charge is 0.295 e. The van der Waals surface area contributed by atoms with Gasteiger partial charge >= 0.3 is 0 Å². The van der Waals surface area contributed by atoms with E-state index in [0.717, 1.165) is 10.0 Å². The first kappa shape index (κ1) is 20.3. The van der Waals surface area contributed by atoms with Crippen LogP contribution in [0.25, 0.3) is 5.76 Å². The molecule has 2 aliphatic heterocycles. The zero-order valence-electron chi connectivity index (χ0n) is 16.7. The van der Waals surface area contributed by atoms with E-state index < -0.39 is 17.7 Å². The van der Waals surface area contributed by atoms with Crippen LogP contribution in [0.1, 0.15) is 22.7 Å². The van der Waals surface area contributed by atoms with Gasteiger partial charge in [0.05, 0.1) is 11.6 Å². The van der Waals surface area contributed by atoms with E-state index in [1.54, 1.807) is 36.7 Å². The molecule has 3 heterocycles. The van der Waals surface area contributed by atoms with Crippen molar-refractivity contribution in [3.8, 4) is 11.5 Å². The molecule has 3 aromatic rings. The Bertz CT molecular complexity index is 1260. The molecule has 1 amide bonds. The first-order valence-corrected chi connectivity index (χ1v) is 10.6. The van der Waals surface area contributed by atoms with Crippen molar-refractivity contribution in [1.82, 2.24) is 9.88 Å². The molecular formula is C24H17BrN2O5. The summed E-state index contributed by atoms with van der Waals surface area (Å²) in [6, 6.07) is 15.1. The minimum atomic E-state index is -0.766. The highest BCUT2D eigenvalue weighted by Crippen LogP contribution is 2.42. The maximum Gasteiger partial charge on any atom is 0.295 e. The lowest BCUT2D eigenvalue weighted by atomic mass is 9.95. The van der Waals surface area contributed by atoms with Gasteiger partial charge in [0.2, 0.25) is 6.79 Å². The van der Waals surface area contributed by atoms with Crippen LogP contribution >= 0.6 is 15.9 Å². The lowest BCUT2D eigenvalue weighted by Crippen LogP contribution is -2.29. The lowest BCUT2D eigenvalue weighted by Gasteiger charge is -2.25. The van der Waals surface area contributed by atoms with Crippen molar-refractivity contribution in [3.05, 3.63) is 93.7 Å². The largest absolute Gasteiger partial charge is 0.507 e. The zero-order valence-corrected chi connectivity index (χ0v) is 18.3. The van der Waals surface area contributed by atoms with E-state index in [4.69, 9.17) is 9.47 Å². The van der Waals surface area contributed by atoms with Crippen molar-refractivity contribution in [3.63, 3.8) is 0 Å². The SMILES string of the molecule is O=C1C(=O)N(Cc2cccnc2)C(c2cccc(Br)c2)/C1=C(\O)c1ccc2c(c1)OCO2. The van der Waals surface area contributed by atoms with Gasteiger partial charge in [-0.15, -0.1) is 0 Å². The van der Waals surface area contributed by atoms with Gasteiger partial charge < -0.3 is 19.5 Å². The number of aromatic nitrogens is 1. The van der Waals surface area contributed by atoms with Gasteiger partial charge in [0.1, 0.15) is 5.76 Å². The summed E-state index contributed by atoms with van der Waals surface area (Å²) in [4.78, 5) is 31.8. The molecule has 5 rings (SSSR count). The first-order chi connectivity index (χ1) is 15.5. The molecule has 32 heavy (non-hydrogen) atoms. The first-order valence-electron chi connectivity index (χ1n) is 9.86. The van der Waals surface area contributed by atoms with Gasteiger partial charge in [-0.25, -0.2) is 0 Å². The molecule has 0 radical (unpaired) electrons. The number of hydrogen-bond donors (Lipinski definition) is 1. The van der Waals surface area contributed by atoms with Crippen molar-refractivity contribution in [2.45, 2.75) is 12.6 Å². The number of benzene rings is 2. The number of amides is 1. The molecule has 2 aromatic carbocycles. The van der Waals surface area contributed by atoms with E-state index in [1.807, 2.05) is 30.3 Å². The topological polar surface area (TPSA) is 89.0 Å². The molecule has 1 N–H and O–H groups in total. The summed E-state index contributed by atoms with van der Waals surface area (Å²) in [6.07, 6.45) is 3.29. The maximum absolute atomic E-state index is 13.1. The minimum Gasteiger partial charge on any atom is -0.507 e.